The molecule has 0 fully saturated rings. The van der Waals surface area contributed by atoms with Crippen molar-refractivity contribution in [2.75, 3.05) is 5.32 Å². The second-order valence-corrected chi connectivity index (χ2v) is 3.87. The molecule has 18 heavy (non-hydrogen) atoms. The summed E-state index contributed by atoms with van der Waals surface area (Å²) in [7, 11) is 0. The summed E-state index contributed by atoms with van der Waals surface area (Å²) in [5, 5.41) is 3.10. The van der Waals surface area contributed by atoms with Gasteiger partial charge in [0.1, 0.15) is 5.52 Å². The van der Waals surface area contributed by atoms with Gasteiger partial charge in [0.25, 0.3) is 0 Å². The summed E-state index contributed by atoms with van der Waals surface area (Å²) in [4.78, 5) is 24.6. The zero-order valence-corrected chi connectivity index (χ0v) is 9.47. The van der Waals surface area contributed by atoms with E-state index in [1.54, 1.807) is 6.20 Å². The molecule has 0 bridgehead atoms. The van der Waals surface area contributed by atoms with Gasteiger partial charge in [-0.25, -0.2) is 9.78 Å². The SMILES string of the molecule is O=c1[nH]c2cnc(NCc3ccccc3)nc2[nH]1. The molecule has 0 radical (unpaired) electrons. The Bertz CT molecular complexity index is 716. The van der Waals surface area contributed by atoms with E-state index in [4.69, 9.17) is 0 Å². The molecule has 0 aliphatic rings. The van der Waals surface area contributed by atoms with Crippen molar-refractivity contribution in [3.8, 4) is 0 Å². The Morgan fingerprint density at radius 2 is 2.00 bits per heavy atom. The van der Waals surface area contributed by atoms with Crippen molar-refractivity contribution in [1.29, 1.82) is 0 Å². The van der Waals surface area contributed by atoms with Crippen LogP contribution < -0.4 is 11.0 Å². The molecular weight excluding hydrogens is 230 g/mol. The molecule has 0 aliphatic carbocycles. The van der Waals surface area contributed by atoms with Crippen LogP contribution in [0.15, 0.2) is 41.3 Å². The van der Waals surface area contributed by atoms with Gasteiger partial charge in [-0.15, -0.1) is 0 Å². The summed E-state index contributed by atoms with van der Waals surface area (Å²) in [6.07, 6.45) is 1.58. The molecule has 2 heterocycles. The van der Waals surface area contributed by atoms with Crippen LogP contribution in [0.5, 0.6) is 0 Å². The normalized spacial score (nSPS) is 10.7. The Balaban J connectivity index is 1.80. The second-order valence-electron chi connectivity index (χ2n) is 3.87. The van der Waals surface area contributed by atoms with Crippen molar-refractivity contribution in [2.45, 2.75) is 6.54 Å². The van der Waals surface area contributed by atoms with E-state index in [9.17, 15) is 4.79 Å². The standard InChI is InChI=1S/C12H11N5O/c18-12-15-9-7-14-11(16-10(9)17-12)13-6-8-4-2-1-3-5-8/h1-5,7H,6H2,(H3,13,14,15,16,17,18). The lowest BCUT2D eigenvalue weighted by Crippen LogP contribution is -2.03. The number of anilines is 1. The van der Waals surface area contributed by atoms with Gasteiger partial charge in [0.15, 0.2) is 5.65 Å². The van der Waals surface area contributed by atoms with Crippen LogP contribution in [0, 0.1) is 0 Å². The molecule has 1 aromatic carbocycles. The van der Waals surface area contributed by atoms with Gasteiger partial charge in [-0.2, -0.15) is 4.98 Å². The van der Waals surface area contributed by atoms with Gasteiger partial charge in [-0.3, -0.25) is 4.98 Å². The van der Waals surface area contributed by atoms with Crippen molar-refractivity contribution >= 4 is 17.1 Å². The zero-order chi connectivity index (χ0) is 12.4. The minimum atomic E-state index is -0.278. The first-order chi connectivity index (χ1) is 8.81. The Morgan fingerprint density at radius 3 is 2.83 bits per heavy atom. The van der Waals surface area contributed by atoms with Gasteiger partial charge < -0.3 is 10.3 Å². The minimum absolute atomic E-state index is 0.278. The minimum Gasteiger partial charge on any atom is -0.350 e. The summed E-state index contributed by atoms with van der Waals surface area (Å²) in [6.45, 7) is 0.640. The maximum atomic E-state index is 11.1. The fourth-order valence-corrected chi connectivity index (χ4v) is 1.69. The first kappa shape index (κ1) is 10.5. The summed E-state index contributed by atoms with van der Waals surface area (Å²) < 4.78 is 0. The zero-order valence-electron chi connectivity index (χ0n) is 9.47. The Kier molecular flexibility index (Phi) is 2.53. The van der Waals surface area contributed by atoms with Crippen LogP contribution in [0.25, 0.3) is 11.2 Å². The number of fused-ring (bicyclic) bond motifs is 1. The number of nitrogens with zero attached hydrogens (tertiary/aromatic N) is 2. The molecule has 0 atom stereocenters. The molecular formula is C12H11N5O. The van der Waals surface area contributed by atoms with Crippen molar-refractivity contribution in [1.82, 2.24) is 19.9 Å². The van der Waals surface area contributed by atoms with E-state index in [0.717, 1.165) is 5.56 Å². The van der Waals surface area contributed by atoms with E-state index < -0.39 is 0 Å². The van der Waals surface area contributed by atoms with Gasteiger partial charge in [0, 0.05) is 6.54 Å². The fraction of sp³-hybridized carbons (Fsp3) is 0.0833. The largest absolute Gasteiger partial charge is 0.350 e. The van der Waals surface area contributed by atoms with E-state index >= 15 is 0 Å². The van der Waals surface area contributed by atoms with E-state index in [-0.39, 0.29) is 5.69 Å². The third-order valence-electron chi connectivity index (χ3n) is 2.56. The monoisotopic (exact) mass is 241 g/mol. The van der Waals surface area contributed by atoms with Crippen molar-refractivity contribution in [3.05, 3.63) is 52.6 Å². The van der Waals surface area contributed by atoms with Crippen LogP contribution in [-0.4, -0.2) is 19.9 Å². The van der Waals surface area contributed by atoms with Crippen molar-refractivity contribution in [3.63, 3.8) is 0 Å². The van der Waals surface area contributed by atoms with Gasteiger partial charge in [0.05, 0.1) is 6.20 Å². The van der Waals surface area contributed by atoms with Crippen LogP contribution in [0.2, 0.25) is 0 Å². The quantitative estimate of drug-likeness (QED) is 0.644. The van der Waals surface area contributed by atoms with Crippen molar-refractivity contribution in [2.24, 2.45) is 0 Å². The molecule has 6 heteroatoms. The highest BCUT2D eigenvalue weighted by Gasteiger charge is 2.02. The van der Waals surface area contributed by atoms with Crippen LogP contribution in [0.4, 0.5) is 5.95 Å². The average Bonchev–Trinajstić information content (AvgIpc) is 2.77. The van der Waals surface area contributed by atoms with Gasteiger partial charge in [-0.05, 0) is 5.56 Å². The molecule has 2 aromatic heterocycles. The van der Waals surface area contributed by atoms with Gasteiger partial charge in [-0.1, -0.05) is 30.3 Å². The molecule has 0 spiro atoms. The molecule has 0 saturated carbocycles. The lowest BCUT2D eigenvalue weighted by molar-refractivity contribution is 1.07. The maximum absolute atomic E-state index is 11.1. The second kappa shape index (κ2) is 4.33. The molecule has 3 N–H and O–H groups in total. The highest BCUT2D eigenvalue weighted by molar-refractivity contribution is 5.69. The van der Waals surface area contributed by atoms with Crippen LogP contribution in [0.1, 0.15) is 5.56 Å². The summed E-state index contributed by atoms with van der Waals surface area (Å²) in [6, 6.07) is 9.96. The van der Waals surface area contributed by atoms with Gasteiger partial charge >= 0.3 is 5.69 Å². The summed E-state index contributed by atoms with van der Waals surface area (Å²) in [5.74, 6) is 0.488. The number of hydrogen-bond acceptors (Lipinski definition) is 4. The molecule has 0 amide bonds. The lowest BCUT2D eigenvalue weighted by Gasteiger charge is -2.03. The average molecular weight is 241 g/mol. The Morgan fingerprint density at radius 1 is 1.17 bits per heavy atom. The molecule has 3 aromatic rings. The van der Waals surface area contributed by atoms with Gasteiger partial charge in [0.2, 0.25) is 5.95 Å². The highest BCUT2D eigenvalue weighted by atomic mass is 16.1. The predicted octanol–water partition coefficient (Wildman–Crippen LogP) is 1.26. The summed E-state index contributed by atoms with van der Waals surface area (Å²) in [5.41, 5.74) is 1.97. The summed E-state index contributed by atoms with van der Waals surface area (Å²) >= 11 is 0. The van der Waals surface area contributed by atoms with Crippen LogP contribution >= 0.6 is 0 Å². The Hall–Kier alpha value is -2.63. The third kappa shape index (κ3) is 2.08. The first-order valence-electron chi connectivity index (χ1n) is 5.54. The number of rotatable bonds is 3. The number of nitrogens with one attached hydrogen (secondary N) is 3. The number of imidazole rings is 1. The van der Waals surface area contributed by atoms with Crippen LogP contribution in [0.3, 0.4) is 0 Å². The van der Waals surface area contributed by atoms with Crippen LogP contribution in [-0.2, 0) is 6.54 Å². The molecule has 0 aliphatic heterocycles. The topological polar surface area (TPSA) is 86.5 Å². The molecule has 0 unspecified atom stereocenters. The molecule has 0 saturated heterocycles. The number of hydrogen-bond donors (Lipinski definition) is 3. The number of H-pyrrole nitrogens is 2. The first-order valence-corrected chi connectivity index (χ1v) is 5.54. The smallest absolute Gasteiger partial charge is 0.325 e. The fourth-order valence-electron chi connectivity index (χ4n) is 1.69. The third-order valence-corrected chi connectivity index (χ3v) is 2.56. The Labute approximate surface area is 102 Å². The highest BCUT2D eigenvalue weighted by Crippen LogP contribution is 2.07. The van der Waals surface area contributed by atoms with Crippen molar-refractivity contribution < 1.29 is 0 Å². The lowest BCUT2D eigenvalue weighted by atomic mass is 10.2. The molecule has 6 nitrogen and oxygen atoms in total. The number of aromatic nitrogens is 4. The van der Waals surface area contributed by atoms with E-state index in [0.29, 0.717) is 23.7 Å². The number of aromatic amines is 2. The predicted molar refractivity (Wildman–Crippen MR) is 68.3 cm³/mol. The maximum Gasteiger partial charge on any atom is 0.325 e. The molecule has 3 rings (SSSR count). The van der Waals surface area contributed by atoms with E-state index in [1.165, 1.54) is 0 Å². The van der Waals surface area contributed by atoms with E-state index in [2.05, 4.69) is 25.3 Å². The molecule has 90 valence electrons. The van der Waals surface area contributed by atoms with E-state index in [1.807, 2.05) is 30.3 Å². The number of benzene rings is 1.